The highest BCUT2D eigenvalue weighted by molar-refractivity contribution is 5.98. The molecule has 0 radical (unpaired) electrons. The molecule has 2 rings (SSSR count). The molecule has 2 aliphatic rings. The normalized spacial score (nSPS) is 26.4. The van der Waals surface area contributed by atoms with E-state index in [0.29, 0.717) is 12.8 Å². The van der Waals surface area contributed by atoms with Crippen LogP contribution in [-0.2, 0) is 14.3 Å². The van der Waals surface area contributed by atoms with Crippen LogP contribution in [0.5, 0.6) is 0 Å². The third-order valence-electron chi connectivity index (χ3n) is 2.37. The summed E-state index contributed by atoms with van der Waals surface area (Å²) in [7, 11) is 0. The Morgan fingerprint density at radius 3 is 3.07 bits per heavy atom. The molecule has 0 aromatic carbocycles. The van der Waals surface area contributed by atoms with Crippen molar-refractivity contribution in [3.8, 4) is 0 Å². The molecule has 0 aliphatic carbocycles. The van der Waals surface area contributed by atoms with Crippen LogP contribution in [0.2, 0.25) is 0 Å². The Hall–Kier alpha value is -1.36. The number of hydrogen-bond donors (Lipinski definition) is 1. The first-order chi connectivity index (χ1) is 6.59. The standard InChI is InChI=1S/C9H11NO4/c1-5(11)14-9(13)7-3-2-6-4-8(12)10(6)7/h3,5-6,11H,2,4H2,1H3/t5-,6?/m1/s1. The molecule has 0 spiro atoms. The number of ether oxygens (including phenoxy) is 1. The maximum absolute atomic E-state index is 11.3. The average molecular weight is 197 g/mol. The van der Waals surface area contributed by atoms with Gasteiger partial charge in [-0.3, -0.25) is 4.79 Å². The number of β-lactam (4-membered cyclic amide) rings is 1. The van der Waals surface area contributed by atoms with Crippen LogP contribution >= 0.6 is 0 Å². The Morgan fingerprint density at radius 2 is 2.50 bits per heavy atom. The smallest absolute Gasteiger partial charge is 0.357 e. The summed E-state index contributed by atoms with van der Waals surface area (Å²) in [5.74, 6) is -0.683. The second-order valence-electron chi connectivity index (χ2n) is 3.45. The fourth-order valence-corrected chi connectivity index (χ4v) is 1.75. The van der Waals surface area contributed by atoms with Crippen LogP contribution in [0.3, 0.4) is 0 Å². The number of fused-ring (bicyclic) bond motifs is 1. The Balaban J connectivity index is 2.05. The Bertz CT molecular complexity index is 321. The van der Waals surface area contributed by atoms with Gasteiger partial charge in [-0.25, -0.2) is 4.79 Å². The van der Waals surface area contributed by atoms with E-state index >= 15 is 0 Å². The van der Waals surface area contributed by atoms with Gasteiger partial charge in [-0.15, -0.1) is 0 Å². The number of carbonyl (C=O) groups is 2. The molecule has 76 valence electrons. The molecule has 0 saturated carbocycles. The van der Waals surface area contributed by atoms with Gasteiger partial charge in [-0.2, -0.15) is 0 Å². The molecule has 14 heavy (non-hydrogen) atoms. The van der Waals surface area contributed by atoms with Crippen LogP contribution in [0.1, 0.15) is 19.8 Å². The number of rotatable bonds is 2. The molecule has 2 heterocycles. The van der Waals surface area contributed by atoms with Crippen molar-refractivity contribution in [1.29, 1.82) is 0 Å². The minimum Gasteiger partial charge on any atom is -0.432 e. The monoisotopic (exact) mass is 197 g/mol. The van der Waals surface area contributed by atoms with Gasteiger partial charge in [-0.05, 0) is 13.3 Å². The summed E-state index contributed by atoms with van der Waals surface area (Å²) in [4.78, 5) is 23.9. The van der Waals surface area contributed by atoms with E-state index in [1.165, 1.54) is 11.8 Å². The highest BCUT2D eigenvalue weighted by Crippen LogP contribution is 2.33. The zero-order valence-electron chi connectivity index (χ0n) is 7.77. The summed E-state index contributed by atoms with van der Waals surface area (Å²) in [5.41, 5.74) is 0.271. The first kappa shape index (κ1) is 9.21. The van der Waals surface area contributed by atoms with Gasteiger partial charge < -0.3 is 14.7 Å². The lowest BCUT2D eigenvalue weighted by molar-refractivity contribution is -0.165. The molecule has 2 atom stereocenters. The van der Waals surface area contributed by atoms with E-state index in [0.717, 1.165) is 0 Å². The lowest BCUT2D eigenvalue weighted by Gasteiger charge is -2.35. The Kier molecular flexibility index (Phi) is 2.03. The topological polar surface area (TPSA) is 66.8 Å². The van der Waals surface area contributed by atoms with Crippen LogP contribution in [-0.4, -0.2) is 34.2 Å². The third-order valence-corrected chi connectivity index (χ3v) is 2.37. The number of carbonyl (C=O) groups excluding carboxylic acids is 2. The van der Waals surface area contributed by atoms with Crippen LogP contribution < -0.4 is 0 Å². The highest BCUT2D eigenvalue weighted by Gasteiger charge is 2.44. The molecule has 0 bridgehead atoms. The van der Waals surface area contributed by atoms with Gasteiger partial charge in [0, 0.05) is 12.5 Å². The molecular formula is C9H11NO4. The van der Waals surface area contributed by atoms with Crippen molar-refractivity contribution in [1.82, 2.24) is 4.90 Å². The number of esters is 1. The van der Waals surface area contributed by atoms with E-state index in [4.69, 9.17) is 5.11 Å². The van der Waals surface area contributed by atoms with E-state index in [1.54, 1.807) is 6.08 Å². The molecule has 1 unspecified atom stereocenters. The van der Waals surface area contributed by atoms with Crippen LogP contribution in [0.15, 0.2) is 11.8 Å². The number of hydrogen-bond acceptors (Lipinski definition) is 4. The van der Waals surface area contributed by atoms with Crippen molar-refractivity contribution in [2.45, 2.75) is 32.1 Å². The van der Waals surface area contributed by atoms with E-state index in [-0.39, 0.29) is 17.6 Å². The summed E-state index contributed by atoms with van der Waals surface area (Å²) >= 11 is 0. The van der Waals surface area contributed by atoms with E-state index in [9.17, 15) is 9.59 Å². The van der Waals surface area contributed by atoms with Crippen molar-refractivity contribution in [2.24, 2.45) is 0 Å². The van der Waals surface area contributed by atoms with Crippen LogP contribution in [0, 0.1) is 0 Å². The predicted molar refractivity (Wildman–Crippen MR) is 45.7 cm³/mol. The molecule has 2 aliphatic heterocycles. The van der Waals surface area contributed by atoms with Crippen LogP contribution in [0.25, 0.3) is 0 Å². The fraction of sp³-hybridized carbons (Fsp3) is 0.556. The number of aliphatic hydroxyl groups excluding tert-OH is 1. The van der Waals surface area contributed by atoms with Gasteiger partial charge in [-0.1, -0.05) is 6.08 Å². The lowest BCUT2D eigenvalue weighted by Crippen LogP contribution is -2.50. The average Bonchev–Trinajstić information content (AvgIpc) is 2.40. The Morgan fingerprint density at radius 1 is 1.79 bits per heavy atom. The second-order valence-corrected chi connectivity index (χ2v) is 3.45. The van der Waals surface area contributed by atoms with Gasteiger partial charge in [0.15, 0.2) is 6.29 Å². The first-order valence-electron chi connectivity index (χ1n) is 4.51. The lowest BCUT2D eigenvalue weighted by atomic mass is 10.0. The maximum Gasteiger partial charge on any atom is 0.357 e. The van der Waals surface area contributed by atoms with Gasteiger partial charge in [0.25, 0.3) is 0 Å². The minimum absolute atomic E-state index is 0.0544. The minimum atomic E-state index is -1.14. The quantitative estimate of drug-likeness (QED) is 0.377. The SMILES string of the molecule is C[C@H](O)OC(=O)C1=CCC2CC(=O)N12. The summed E-state index contributed by atoms with van der Waals surface area (Å²) in [6, 6.07) is 0.138. The summed E-state index contributed by atoms with van der Waals surface area (Å²) in [5, 5.41) is 8.85. The van der Waals surface area contributed by atoms with Crippen molar-refractivity contribution < 1.29 is 19.4 Å². The fourth-order valence-electron chi connectivity index (χ4n) is 1.75. The van der Waals surface area contributed by atoms with Gasteiger partial charge in [0.05, 0.1) is 0 Å². The largest absolute Gasteiger partial charge is 0.432 e. The first-order valence-corrected chi connectivity index (χ1v) is 4.51. The van der Waals surface area contributed by atoms with E-state index in [1.807, 2.05) is 0 Å². The molecule has 0 aromatic rings. The van der Waals surface area contributed by atoms with E-state index in [2.05, 4.69) is 4.74 Å². The molecule has 1 saturated heterocycles. The molecular weight excluding hydrogens is 186 g/mol. The van der Waals surface area contributed by atoms with Gasteiger partial charge >= 0.3 is 5.97 Å². The summed E-state index contributed by atoms with van der Waals surface area (Å²) in [6.07, 6.45) is 1.75. The highest BCUT2D eigenvalue weighted by atomic mass is 16.6. The molecule has 0 aromatic heterocycles. The number of aliphatic hydroxyl groups is 1. The second kappa shape index (κ2) is 3.09. The molecule has 1 N–H and O–H groups in total. The van der Waals surface area contributed by atoms with Crippen molar-refractivity contribution >= 4 is 11.9 Å². The maximum atomic E-state index is 11.3. The van der Waals surface area contributed by atoms with Crippen molar-refractivity contribution in [3.63, 3.8) is 0 Å². The summed E-state index contributed by atoms with van der Waals surface area (Å²) < 4.78 is 4.59. The molecule has 1 amide bonds. The van der Waals surface area contributed by atoms with E-state index < -0.39 is 12.3 Å². The number of nitrogens with zero attached hydrogens (tertiary/aromatic N) is 1. The molecule has 5 heteroatoms. The van der Waals surface area contributed by atoms with Crippen LogP contribution in [0.4, 0.5) is 0 Å². The van der Waals surface area contributed by atoms with Crippen molar-refractivity contribution in [3.05, 3.63) is 11.8 Å². The van der Waals surface area contributed by atoms with Crippen molar-refractivity contribution in [2.75, 3.05) is 0 Å². The predicted octanol–water partition coefficient (Wildman–Crippen LogP) is -0.244. The number of amides is 1. The van der Waals surface area contributed by atoms with Gasteiger partial charge in [0.2, 0.25) is 5.91 Å². The van der Waals surface area contributed by atoms with Gasteiger partial charge in [0.1, 0.15) is 5.70 Å². The third kappa shape index (κ3) is 1.29. The zero-order chi connectivity index (χ0) is 10.3. The summed E-state index contributed by atoms with van der Waals surface area (Å²) in [6.45, 7) is 1.35. The Labute approximate surface area is 80.9 Å². The molecule has 1 fully saturated rings. The zero-order valence-corrected chi connectivity index (χ0v) is 7.77. The molecule has 5 nitrogen and oxygen atoms in total.